The Bertz CT molecular complexity index is 957. The zero-order valence-corrected chi connectivity index (χ0v) is 18.4. The molecule has 0 aromatic heterocycles. The van der Waals surface area contributed by atoms with Crippen molar-refractivity contribution in [3.8, 4) is 11.5 Å². The third-order valence-corrected chi connectivity index (χ3v) is 9.58. The second kappa shape index (κ2) is 5.62. The van der Waals surface area contributed by atoms with E-state index in [1.165, 1.54) is 11.1 Å². The number of benzene rings is 1. The maximum atomic E-state index is 11.7. The molecule has 1 saturated carbocycles. The SMILES string of the molecule is CCC[C@@](C)(O)[C@H]1CC23C=C[C@]1(OC)[C@@H]1Oc4c(O)ccc5c4[C@@]12CCN(C)[C@@H]3C5. The van der Waals surface area contributed by atoms with Gasteiger partial charge in [0.25, 0.3) is 0 Å². The molecule has 2 spiro atoms. The van der Waals surface area contributed by atoms with Gasteiger partial charge in [0.05, 0.1) is 11.0 Å². The zero-order chi connectivity index (χ0) is 21.1. The molecule has 4 aliphatic carbocycles. The predicted octanol–water partition coefficient (Wildman–Crippen LogP) is 3.16. The first-order valence-corrected chi connectivity index (χ1v) is 11.5. The van der Waals surface area contributed by atoms with E-state index in [4.69, 9.17) is 9.47 Å². The van der Waals surface area contributed by atoms with Gasteiger partial charge in [-0.15, -0.1) is 0 Å². The average Bonchev–Trinajstić information content (AvgIpc) is 3.09. The molecule has 0 radical (unpaired) electrons. The summed E-state index contributed by atoms with van der Waals surface area (Å²) >= 11 is 0. The summed E-state index contributed by atoms with van der Waals surface area (Å²) in [5.74, 6) is 0.823. The van der Waals surface area contributed by atoms with Crippen LogP contribution in [-0.4, -0.2) is 59.2 Å². The van der Waals surface area contributed by atoms with E-state index in [1.54, 1.807) is 13.2 Å². The maximum Gasteiger partial charge on any atom is 0.165 e. The number of hydrogen-bond acceptors (Lipinski definition) is 5. The molecule has 2 fully saturated rings. The number of aromatic hydroxyl groups is 1. The molecule has 2 N–H and O–H groups in total. The van der Waals surface area contributed by atoms with E-state index in [0.29, 0.717) is 11.8 Å². The topological polar surface area (TPSA) is 62.2 Å². The Morgan fingerprint density at radius 2 is 2.13 bits per heavy atom. The Balaban J connectivity index is 1.66. The highest BCUT2D eigenvalue weighted by Gasteiger charge is 2.80. The first-order chi connectivity index (χ1) is 14.3. The minimum atomic E-state index is -0.850. The van der Waals surface area contributed by atoms with Gasteiger partial charge in [-0.05, 0) is 57.8 Å². The van der Waals surface area contributed by atoms with Gasteiger partial charge in [-0.2, -0.15) is 0 Å². The molecule has 1 saturated heterocycles. The molecule has 162 valence electrons. The van der Waals surface area contributed by atoms with Gasteiger partial charge in [-0.25, -0.2) is 0 Å². The standard InChI is InChI=1S/C25H33NO4/c1-5-8-22(2,28)17-14-23-9-10-25(17,29-4)21-24(23)11-12-26(3)18(23)13-15-6-7-16(27)20(30-21)19(15)24/h6-7,9-10,17-18,21,27-28H,5,8,11-14H2,1-4H3/t17-,18-,21-,22-,23?,24+,25-/m1/s1. The lowest BCUT2D eigenvalue weighted by molar-refractivity contribution is -0.247. The summed E-state index contributed by atoms with van der Waals surface area (Å²) in [7, 11) is 4.00. The van der Waals surface area contributed by atoms with Gasteiger partial charge in [0.1, 0.15) is 11.7 Å². The molecule has 30 heavy (non-hydrogen) atoms. The number of fused-ring (bicyclic) bond motifs is 1. The minimum Gasteiger partial charge on any atom is -0.504 e. The number of nitrogens with zero attached hydrogens (tertiary/aromatic N) is 1. The van der Waals surface area contributed by atoms with Crippen LogP contribution in [0.15, 0.2) is 24.3 Å². The number of hydrogen-bond donors (Lipinski definition) is 2. The zero-order valence-electron chi connectivity index (χ0n) is 18.4. The van der Waals surface area contributed by atoms with E-state index < -0.39 is 11.2 Å². The third-order valence-electron chi connectivity index (χ3n) is 9.58. The van der Waals surface area contributed by atoms with Crippen LogP contribution in [-0.2, 0) is 16.6 Å². The van der Waals surface area contributed by atoms with Crippen molar-refractivity contribution in [2.45, 2.75) is 74.7 Å². The van der Waals surface area contributed by atoms with E-state index in [9.17, 15) is 10.2 Å². The molecular weight excluding hydrogens is 378 g/mol. The van der Waals surface area contributed by atoms with Crippen LogP contribution < -0.4 is 4.74 Å². The largest absolute Gasteiger partial charge is 0.504 e. The molecule has 2 aliphatic heterocycles. The van der Waals surface area contributed by atoms with Crippen LogP contribution in [0, 0.1) is 11.3 Å². The van der Waals surface area contributed by atoms with Gasteiger partial charge in [-0.1, -0.05) is 31.6 Å². The van der Waals surface area contributed by atoms with E-state index in [1.807, 2.05) is 6.92 Å². The maximum absolute atomic E-state index is 11.7. The molecule has 5 nitrogen and oxygen atoms in total. The Morgan fingerprint density at radius 3 is 2.87 bits per heavy atom. The van der Waals surface area contributed by atoms with E-state index >= 15 is 0 Å². The third kappa shape index (κ3) is 1.80. The lowest BCUT2D eigenvalue weighted by Gasteiger charge is -2.72. The lowest BCUT2D eigenvalue weighted by atomic mass is 9.36. The second-order valence-electron chi connectivity index (χ2n) is 10.7. The number of methoxy groups -OCH3 is 1. The average molecular weight is 412 g/mol. The van der Waals surface area contributed by atoms with Gasteiger partial charge in [-0.3, -0.25) is 0 Å². The molecule has 1 aromatic rings. The molecule has 7 atom stereocenters. The molecule has 1 unspecified atom stereocenters. The van der Waals surface area contributed by atoms with Gasteiger partial charge in [0.15, 0.2) is 11.5 Å². The molecule has 1 aromatic carbocycles. The first kappa shape index (κ1) is 19.1. The van der Waals surface area contributed by atoms with E-state index in [-0.39, 0.29) is 28.6 Å². The molecule has 2 heterocycles. The van der Waals surface area contributed by atoms with Crippen molar-refractivity contribution in [3.05, 3.63) is 35.4 Å². The van der Waals surface area contributed by atoms with Crippen molar-refractivity contribution in [1.29, 1.82) is 0 Å². The monoisotopic (exact) mass is 411 g/mol. The van der Waals surface area contributed by atoms with Crippen molar-refractivity contribution < 1.29 is 19.7 Å². The Morgan fingerprint density at radius 1 is 1.33 bits per heavy atom. The van der Waals surface area contributed by atoms with Crippen molar-refractivity contribution >= 4 is 0 Å². The number of likely N-dealkylation sites (N-methyl/N-ethyl adjacent to an activating group) is 1. The van der Waals surface area contributed by atoms with Crippen molar-refractivity contribution in [2.75, 3.05) is 20.7 Å². The van der Waals surface area contributed by atoms with Gasteiger partial charge in [0.2, 0.25) is 0 Å². The molecule has 6 aliphatic rings. The fourth-order valence-corrected chi connectivity index (χ4v) is 8.44. The molecule has 7 rings (SSSR count). The van der Waals surface area contributed by atoms with Crippen LogP contribution in [0.2, 0.25) is 0 Å². The highest BCUT2D eigenvalue weighted by atomic mass is 16.6. The molecule has 4 bridgehead atoms. The molecule has 5 heteroatoms. The van der Waals surface area contributed by atoms with E-state index in [2.05, 4.69) is 37.1 Å². The summed E-state index contributed by atoms with van der Waals surface area (Å²) in [5.41, 5.74) is 0.625. The van der Waals surface area contributed by atoms with Crippen LogP contribution in [0.5, 0.6) is 11.5 Å². The quantitative estimate of drug-likeness (QED) is 0.746. The van der Waals surface area contributed by atoms with Gasteiger partial charge < -0.3 is 24.6 Å². The Hall–Kier alpha value is -1.56. The fourth-order valence-electron chi connectivity index (χ4n) is 8.44. The highest BCUT2D eigenvalue weighted by molar-refractivity contribution is 5.65. The van der Waals surface area contributed by atoms with Crippen molar-refractivity contribution in [2.24, 2.45) is 11.3 Å². The van der Waals surface area contributed by atoms with Crippen molar-refractivity contribution in [1.82, 2.24) is 4.90 Å². The van der Waals surface area contributed by atoms with Gasteiger partial charge >= 0.3 is 0 Å². The van der Waals surface area contributed by atoms with Crippen LogP contribution in [0.3, 0.4) is 0 Å². The minimum absolute atomic E-state index is 0.0647. The van der Waals surface area contributed by atoms with E-state index in [0.717, 1.165) is 38.6 Å². The highest BCUT2D eigenvalue weighted by Crippen LogP contribution is 2.75. The predicted molar refractivity (Wildman–Crippen MR) is 114 cm³/mol. The summed E-state index contributed by atoms with van der Waals surface area (Å²) in [4.78, 5) is 2.51. The molecular formula is C25H33NO4. The summed E-state index contributed by atoms with van der Waals surface area (Å²) in [6, 6.07) is 4.23. The summed E-state index contributed by atoms with van der Waals surface area (Å²) < 4.78 is 13.1. The number of rotatable bonds is 4. The number of phenols is 1. The normalized spacial score (nSPS) is 44.5. The van der Waals surface area contributed by atoms with Crippen LogP contribution >= 0.6 is 0 Å². The first-order valence-electron chi connectivity index (χ1n) is 11.5. The van der Waals surface area contributed by atoms with Crippen LogP contribution in [0.25, 0.3) is 0 Å². The number of ether oxygens (including phenoxy) is 2. The number of phenolic OH excluding ortho intramolecular Hbond substituents is 1. The summed E-state index contributed by atoms with van der Waals surface area (Å²) in [6.07, 6.45) is 8.86. The second-order valence-corrected chi connectivity index (χ2v) is 10.7. The van der Waals surface area contributed by atoms with Gasteiger partial charge in [0, 0.05) is 30.0 Å². The summed E-state index contributed by atoms with van der Waals surface area (Å²) in [5, 5.41) is 22.4. The lowest BCUT2D eigenvalue weighted by Crippen LogP contribution is -2.80. The number of piperidine rings is 1. The Kier molecular flexibility index (Phi) is 3.59. The smallest absolute Gasteiger partial charge is 0.165 e. The number of likely N-dealkylation sites (tertiary alicyclic amines) is 1. The molecule has 0 amide bonds. The van der Waals surface area contributed by atoms with Crippen LogP contribution in [0.4, 0.5) is 0 Å². The fraction of sp³-hybridized carbons (Fsp3) is 0.680. The summed E-state index contributed by atoms with van der Waals surface area (Å²) in [6.45, 7) is 5.11. The number of aliphatic hydroxyl groups is 1. The van der Waals surface area contributed by atoms with Crippen molar-refractivity contribution in [3.63, 3.8) is 0 Å². The van der Waals surface area contributed by atoms with Crippen LogP contribution in [0.1, 0.15) is 50.7 Å². The Labute approximate surface area is 178 Å².